The van der Waals surface area contributed by atoms with Crippen LogP contribution in [0, 0.1) is 5.92 Å². The van der Waals surface area contributed by atoms with Crippen LogP contribution in [0.15, 0.2) is 0 Å². The Labute approximate surface area is 96.5 Å². The number of carbonyl (C=O) groups is 1. The average molecular weight is 246 g/mol. The summed E-state index contributed by atoms with van der Waals surface area (Å²) in [4.78, 5) is 13.7. The second kappa shape index (κ2) is 4.00. The first kappa shape index (κ1) is 11.9. The van der Waals surface area contributed by atoms with Crippen LogP contribution in [0.3, 0.4) is 0 Å². The van der Waals surface area contributed by atoms with E-state index in [0.29, 0.717) is 13.1 Å². The number of nitrogens with zero attached hydrogens (tertiary/aromatic N) is 2. The van der Waals surface area contributed by atoms with E-state index in [4.69, 9.17) is 0 Å². The van der Waals surface area contributed by atoms with E-state index >= 15 is 0 Å². The van der Waals surface area contributed by atoms with E-state index in [-0.39, 0.29) is 17.9 Å². The molecule has 2 aliphatic rings. The van der Waals surface area contributed by atoms with Crippen molar-refractivity contribution in [1.29, 1.82) is 0 Å². The summed E-state index contributed by atoms with van der Waals surface area (Å²) in [7, 11) is -1.39. The summed E-state index contributed by atoms with van der Waals surface area (Å²) in [6.07, 6.45) is 3.96. The van der Waals surface area contributed by atoms with Gasteiger partial charge in [0, 0.05) is 26.2 Å². The van der Waals surface area contributed by atoms with E-state index in [1.54, 1.807) is 11.9 Å². The fourth-order valence-corrected chi connectivity index (χ4v) is 3.49. The van der Waals surface area contributed by atoms with Crippen molar-refractivity contribution in [3.05, 3.63) is 0 Å². The van der Waals surface area contributed by atoms with Crippen LogP contribution in [-0.2, 0) is 14.8 Å². The van der Waals surface area contributed by atoms with Crippen molar-refractivity contribution in [1.82, 2.24) is 9.21 Å². The van der Waals surface area contributed by atoms with Crippen LogP contribution in [0.1, 0.15) is 19.3 Å². The van der Waals surface area contributed by atoms with Gasteiger partial charge >= 0.3 is 0 Å². The van der Waals surface area contributed by atoms with Crippen molar-refractivity contribution in [3.63, 3.8) is 0 Å². The number of amides is 1. The van der Waals surface area contributed by atoms with Crippen molar-refractivity contribution in [2.24, 2.45) is 5.92 Å². The zero-order valence-corrected chi connectivity index (χ0v) is 10.5. The first-order valence-corrected chi connectivity index (χ1v) is 7.46. The van der Waals surface area contributed by atoms with Crippen molar-refractivity contribution in [2.45, 2.75) is 25.3 Å². The summed E-state index contributed by atoms with van der Waals surface area (Å²) in [6.45, 7) is 0.816. The Kier molecular flexibility index (Phi) is 2.96. The van der Waals surface area contributed by atoms with Gasteiger partial charge in [-0.3, -0.25) is 4.79 Å². The molecule has 0 radical (unpaired) electrons. The van der Waals surface area contributed by atoms with Gasteiger partial charge < -0.3 is 4.90 Å². The van der Waals surface area contributed by atoms with E-state index in [1.165, 1.54) is 10.6 Å². The zero-order chi connectivity index (χ0) is 11.9. The van der Waals surface area contributed by atoms with Gasteiger partial charge in [-0.15, -0.1) is 0 Å². The maximum Gasteiger partial charge on any atom is 0.227 e. The van der Waals surface area contributed by atoms with Gasteiger partial charge in [0.25, 0.3) is 0 Å². The maximum absolute atomic E-state index is 12.0. The molecule has 0 N–H and O–H groups in total. The third-order valence-electron chi connectivity index (χ3n) is 3.64. The van der Waals surface area contributed by atoms with Crippen molar-refractivity contribution in [2.75, 3.05) is 26.4 Å². The van der Waals surface area contributed by atoms with Gasteiger partial charge in [-0.25, -0.2) is 8.42 Å². The average Bonchev–Trinajstić information content (AvgIpc) is 2.31. The lowest BCUT2D eigenvalue weighted by molar-refractivity contribution is -0.134. The molecule has 2 atom stereocenters. The van der Waals surface area contributed by atoms with E-state index in [1.807, 2.05) is 0 Å². The number of sulfonamides is 1. The minimum absolute atomic E-state index is 0.0507. The summed E-state index contributed by atoms with van der Waals surface area (Å²) in [5, 5.41) is 0. The second-order valence-electron chi connectivity index (χ2n) is 4.81. The number of fused-ring (bicyclic) bond motifs is 3. The monoisotopic (exact) mass is 246 g/mol. The highest BCUT2D eigenvalue weighted by atomic mass is 32.2. The Bertz CT molecular complexity index is 393. The third kappa shape index (κ3) is 2.08. The highest BCUT2D eigenvalue weighted by Crippen LogP contribution is 2.27. The number of rotatable bonds is 1. The highest BCUT2D eigenvalue weighted by molar-refractivity contribution is 7.88. The van der Waals surface area contributed by atoms with Gasteiger partial charge in [-0.05, 0) is 12.8 Å². The lowest BCUT2D eigenvalue weighted by Gasteiger charge is -2.27. The van der Waals surface area contributed by atoms with E-state index in [9.17, 15) is 13.2 Å². The standard InChI is InChI=1S/C10H18N2O3S/c1-11-9-5-3-4-8(10(11)13)6-12(7-9)16(2,14)15/h8-9H,3-7H2,1-2H3/t8-,9+/m1/s1. The predicted molar refractivity (Wildman–Crippen MR) is 60.3 cm³/mol. The van der Waals surface area contributed by atoms with Crippen molar-refractivity contribution in [3.8, 4) is 0 Å². The summed E-state index contributed by atoms with van der Waals surface area (Å²) in [5.41, 5.74) is 0. The molecule has 0 aromatic heterocycles. The Morgan fingerprint density at radius 1 is 1.25 bits per heavy atom. The molecule has 2 bridgehead atoms. The van der Waals surface area contributed by atoms with Crippen LogP contribution >= 0.6 is 0 Å². The lowest BCUT2D eigenvalue weighted by Crippen LogP contribution is -2.42. The maximum atomic E-state index is 12.0. The Hall–Kier alpha value is -0.620. The van der Waals surface area contributed by atoms with Crippen molar-refractivity contribution < 1.29 is 13.2 Å². The highest BCUT2D eigenvalue weighted by Gasteiger charge is 2.38. The zero-order valence-electron chi connectivity index (χ0n) is 9.72. The number of carbonyl (C=O) groups excluding carboxylic acids is 1. The summed E-state index contributed by atoms with van der Waals surface area (Å²) < 4.78 is 24.6. The predicted octanol–water partition coefficient (Wildman–Crippen LogP) is -0.111. The van der Waals surface area contributed by atoms with Gasteiger partial charge in [-0.1, -0.05) is 6.42 Å². The fraction of sp³-hybridized carbons (Fsp3) is 0.900. The first-order chi connectivity index (χ1) is 7.39. The molecule has 0 aliphatic carbocycles. The summed E-state index contributed by atoms with van der Waals surface area (Å²) in [6, 6.07) is 0.0507. The molecule has 16 heavy (non-hydrogen) atoms. The van der Waals surface area contributed by atoms with E-state index in [2.05, 4.69) is 0 Å². The summed E-state index contributed by atoms with van der Waals surface area (Å²) >= 11 is 0. The smallest absolute Gasteiger partial charge is 0.227 e. The number of likely N-dealkylation sites (N-methyl/N-ethyl adjacent to an activating group) is 1. The van der Waals surface area contributed by atoms with Gasteiger partial charge in [0.15, 0.2) is 0 Å². The van der Waals surface area contributed by atoms with Crippen LogP contribution in [0.25, 0.3) is 0 Å². The Morgan fingerprint density at radius 2 is 1.94 bits per heavy atom. The molecule has 0 aromatic carbocycles. The molecular weight excluding hydrogens is 228 g/mol. The Morgan fingerprint density at radius 3 is 2.56 bits per heavy atom. The molecule has 6 heteroatoms. The molecule has 2 fully saturated rings. The molecule has 2 rings (SSSR count). The van der Waals surface area contributed by atoms with Crippen LogP contribution in [0.4, 0.5) is 0 Å². The van der Waals surface area contributed by atoms with Crippen LogP contribution in [0.5, 0.6) is 0 Å². The van der Waals surface area contributed by atoms with Crippen molar-refractivity contribution >= 4 is 15.9 Å². The molecule has 0 unspecified atom stereocenters. The molecular formula is C10H18N2O3S. The molecule has 0 spiro atoms. The lowest BCUT2D eigenvalue weighted by atomic mass is 10.0. The quantitative estimate of drug-likeness (QED) is 0.648. The van der Waals surface area contributed by atoms with Gasteiger partial charge in [0.1, 0.15) is 0 Å². The largest absolute Gasteiger partial charge is 0.341 e. The second-order valence-corrected chi connectivity index (χ2v) is 6.79. The van der Waals surface area contributed by atoms with Gasteiger partial charge in [0.2, 0.25) is 15.9 Å². The van der Waals surface area contributed by atoms with Crippen LogP contribution < -0.4 is 0 Å². The van der Waals surface area contributed by atoms with Gasteiger partial charge in [-0.2, -0.15) is 4.31 Å². The topological polar surface area (TPSA) is 57.7 Å². The minimum atomic E-state index is -3.18. The van der Waals surface area contributed by atoms with E-state index < -0.39 is 10.0 Å². The van der Waals surface area contributed by atoms with Gasteiger partial charge in [0.05, 0.1) is 12.2 Å². The molecule has 5 nitrogen and oxygen atoms in total. The molecule has 2 saturated heterocycles. The normalized spacial score (nSPS) is 32.6. The molecule has 0 saturated carbocycles. The Balaban J connectivity index is 2.31. The first-order valence-electron chi connectivity index (χ1n) is 5.61. The summed E-state index contributed by atoms with van der Waals surface area (Å²) in [5.74, 6) is -0.0409. The SMILES string of the molecule is CN1C(=O)[C@@H]2CCC[C@H]1CN(S(C)(=O)=O)C2. The number of hydrogen-bond donors (Lipinski definition) is 0. The van der Waals surface area contributed by atoms with E-state index in [0.717, 1.165) is 19.3 Å². The molecule has 1 amide bonds. The molecule has 2 heterocycles. The molecule has 92 valence electrons. The minimum Gasteiger partial charge on any atom is -0.341 e. The van der Waals surface area contributed by atoms with Crippen LogP contribution in [0.2, 0.25) is 0 Å². The van der Waals surface area contributed by atoms with Crippen LogP contribution in [-0.4, -0.2) is 56.0 Å². The molecule has 2 aliphatic heterocycles. The molecule has 0 aromatic rings. The fourth-order valence-electron chi connectivity index (χ4n) is 2.59. The number of hydrogen-bond acceptors (Lipinski definition) is 3. The third-order valence-corrected chi connectivity index (χ3v) is 4.88.